The SMILES string of the molecule is CCOC(=O)C1=CCc2cc(Oc3ccccc3)c(NS(C)(=O)=O)cc2O1. The Balaban J connectivity index is 1.96. The Kier molecular flexibility index (Phi) is 5.36. The number of benzene rings is 2. The first-order valence-corrected chi connectivity index (χ1v) is 10.2. The second-order valence-electron chi connectivity index (χ2n) is 5.84. The van der Waals surface area contributed by atoms with Crippen molar-refractivity contribution in [3.8, 4) is 17.2 Å². The molecule has 1 heterocycles. The van der Waals surface area contributed by atoms with E-state index in [1.165, 1.54) is 6.07 Å². The molecule has 27 heavy (non-hydrogen) atoms. The lowest BCUT2D eigenvalue weighted by atomic mass is 10.1. The van der Waals surface area contributed by atoms with Crippen LogP contribution in [0, 0.1) is 0 Å². The number of allylic oxidation sites excluding steroid dienone is 1. The van der Waals surface area contributed by atoms with Gasteiger partial charge in [0.05, 0.1) is 18.6 Å². The zero-order chi connectivity index (χ0) is 19.4. The molecule has 0 fully saturated rings. The molecule has 8 heteroatoms. The van der Waals surface area contributed by atoms with Gasteiger partial charge in [-0.1, -0.05) is 18.2 Å². The third-order valence-electron chi connectivity index (χ3n) is 3.63. The van der Waals surface area contributed by atoms with E-state index in [4.69, 9.17) is 14.2 Å². The Morgan fingerprint density at radius 2 is 1.96 bits per heavy atom. The lowest BCUT2D eigenvalue weighted by Gasteiger charge is -2.20. The fourth-order valence-electron chi connectivity index (χ4n) is 2.53. The van der Waals surface area contributed by atoms with Gasteiger partial charge in [-0.25, -0.2) is 13.2 Å². The largest absolute Gasteiger partial charge is 0.460 e. The van der Waals surface area contributed by atoms with E-state index in [1.54, 1.807) is 31.2 Å². The van der Waals surface area contributed by atoms with Gasteiger partial charge in [-0.2, -0.15) is 0 Å². The molecule has 142 valence electrons. The van der Waals surface area contributed by atoms with Crippen molar-refractivity contribution in [1.29, 1.82) is 0 Å². The van der Waals surface area contributed by atoms with Crippen molar-refractivity contribution in [1.82, 2.24) is 0 Å². The molecule has 0 unspecified atom stereocenters. The van der Waals surface area contributed by atoms with Gasteiger partial charge in [0, 0.05) is 11.6 Å². The summed E-state index contributed by atoms with van der Waals surface area (Å²) < 4.78 is 42.3. The fraction of sp³-hybridized carbons (Fsp3) is 0.211. The number of nitrogens with one attached hydrogen (secondary N) is 1. The molecule has 0 aromatic heterocycles. The summed E-state index contributed by atoms with van der Waals surface area (Å²) in [6, 6.07) is 12.2. The summed E-state index contributed by atoms with van der Waals surface area (Å²) in [6.45, 7) is 1.94. The van der Waals surface area contributed by atoms with E-state index < -0.39 is 16.0 Å². The smallest absolute Gasteiger partial charge is 0.373 e. The van der Waals surface area contributed by atoms with Crippen LogP contribution < -0.4 is 14.2 Å². The highest BCUT2D eigenvalue weighted by Crippen LogP contribution is 2.39. The molecule has 1 N–H and O–H groups in total. The predicted octanol–water partition coefficient (Wildman–Crippen LogP) is 3.23. The van der Waals surface area contributed by atoms with E-state index in [0.717, 1.165) is 11.8 Å². The molecule has 0 bridgehead atoms. The maximum atomic E-state index is 11.9. The molecule has 2 aromatic carbocycles. The summed E-state index contributed by atoms with van der Waals surface area (Å²) in [4.78, 5) is 11.9. The van der Waals surface area contributed by atoms with Crippen molar-refractivity contribution in [2.75, 3.05) is 17.6 Å². The Labute approximate surface area is 157 Å². The number of anilines is 1. The Morgan fingerprint density at radius 3 is 2.63 bits per heavy atom. The fourth-order valence-corrected chi connectivity index (χ4v) is 3.09. The van der Waals surface area contributed by atoms with Gasteiger partial charge in [-0.3, -0.25) is 4.72 Å². The average molecular weight is 389 g/mol. The van der Waals surface area contributed by atoms with Crippen molar-refractivity contribution in [3.05, 3.63) is 59.9 Å². The van der Waals surface area contributed by atoms with E-state index in [-0.39, 0.29) is 18.1 Å². The molecule has 0 atom stereocenters. The van der Waals surface area contributed by atoms with E-state index >= 15 is 0 Å². The summed E-state index contributed by atoms with van der Waals surface area (Å²) in [5.74, 6) is 0.777. The normalized spacial score (nSPS) is 13.0. The van der Waals surface area contributed by atoms with Gasteiger partial charge in [0.25, 0.3) is 0 Å². The molecular weight excluding hydrogens is 370 g/mol. The molecule has 7 nitrogen and oxygen atoms in total. The number of hydrogen-bond acceptors (Lipinski definition) is 6. The van der Waals surface area contributed by atoms with Gasteiger partial charge in [0.2, 0.25) is 15.8 Å². The second-order valence-corrected chi connectivity index (χ2v) is 7.59. The van der Waals surface area contributed by atoms with Crippen LogP contribution in [0.25, 0.3) is 0 Å². The van der Waals surface area contributed by atoms with Crippen LogP contribution in [0.4, 0.5) is 5.69 Å². The number of carbonyl (C=O) groups excluding carboxylic acids is 1. The summed E-state index contributed by atoms with van der Waals surface area (Å²) in [5, 5.41) is 0. The highest BCUT2D eigenvalue weighted by Gasteiger charge is 2.23. The van der Waals surface area contributed by atoms with Crippen LogP contribution in [-0.4, -0.2) is 27.2 Å². The number of rotatable bonds is 6. The highest BCUT2D eigenvalue weighted by atomic mass is 32.2. The highest BCUT2D eigenvalue weighted by molar-refractivity contribution is 7.92. The molecule has 2 aromatic rings. The van der Waals surface area contributed by atoms with E-state index in [1.807, 2.05) is 18.2 Å². The van der Waals surface area contributed by atoms with Crippen LogP contribution >= 0.6 is 0 Å². The number of hydrogen-bond donors (Lipinski definition) is 1. The van der Waals surface area contributed by atoms with Crippen molar-refractivity contribution in [3.63, 3.8) is 0 Å². The quantitative estimate of drug-likeness (QED) is 0.763. The zero-order valence-electron chi connectivity index (χ0n) is 14.9. The predicted molar refractivity (Wildman–Crippen MR) is 100 cm³/mol. The minimum Gasteiger partial charge on any atom is -0.460 e. The Bertz CT molecular complexity index is 983. The van der Waals surface area contributed by atoms with Crippen LogP contribution in [0.5, 0.6) is 17.2 Å². The van der Waals surface area contributed by atoms with Crippen molar-refractivity contribution in [2.45, 2.75) is 13.3 Å². The Hall–Kier alpha value is -3.00. The summed E-state index contributed by atoms with van der Waals surface area (Å²) in [6.07, 6.45) is 3.09. The molecule has 0 aliphatic carbocycles. The third-order valence-corrected chi connectivity index (χ3v) is 4.22. The van der Waals surface area contributed by atoms with Crippen LogP contribution in [0.15, 0.2) is 54.3 Å². The topological polar surface area (TPSA) is 90.9 Å². The maximum absolute atomic E-state index is 11.9. The van der Waals surface area contributed by atoms with E-state index in [2.05, 4.69) is 4.72 Å². The summed E-state index contributed by atoms with van der Waals surface area (Å²) in [5.41, 5.74) is 0.971. The minimum atomic E-state index is -3.55. The number of sulfonamides is 1. The molecule has 1 aliphatic rings. The number of carbonyl (C=O) groups is 1. The van der Waals surface area contributed by atoms with Crippen LogP contribution in [0.1, 0.15) is 12.5 Å². The van der Waals surface area contributed by atoms with Gasteiger partial charge in [-0.15, -0.1) is 0 Å². The van der Waals surface area contributed by atoms with Gasteiger partial charge >= 0.3 is 5.97 Å². The maximum Gasteiger partial charge on any atom is 0.373 e. The second kappa shape index (κ2) is 7.71. The monoisotopic (exact) mass is 389 g/mol. The lowest BCUT2D eigenvalue weighted by Crippen LogP contribution is -2.17. The van der Waals surface area contributed by atoms with Crippen molar-refractivity contribution in [2.24, 2.45) is 0 Å². The van der Waals surface area contributed by atoms with Gasteiger partial charge in [0.1, 0.15) is 11.5 Å². The molecular formula is C19H19NO6S. The first kappa shape index (κ1) is 18.8. The first-order chi connectivity index (χ1) is 12.9. The lowest BCUT2D eigenvalue weighted by molar-refractivity contribution is -0.141. The molecule has 0 amide bonds. The van der Waals surface area contributed by atoms with Crippen LogP contribution in [0.3, 0.4) is 0 Å². The zero-order valence-corrected chi connectivity index (χ0v) is 15.7. The van der Waals surface area contributed by atoms with E-state index in [0.29, 0.717) is 23.7 Å². The van der Waals surface area contributed by atoms with Crippen LogP contribution in [0.2, 0.25) is 0 Å². The number of esters is 1. The Morgan fingerprint density at radius 1 is 1.22 bits per heavy atom. The van der Waals surface area contributed by atoms with E-state index in [9.17, 15) is 13.2 Å². The minimum absolute atomic E-state index is 0.0754. The van der Waals surface area contributed by atoms with Gasteiger partial charge in [-0.05, 0) is 37.6 Å². The van der Waals surface area contributed by atoms with Gasteiger partial charge < -0.3 is 14.2 Å². The summed E-state index contributed by atoms with van der Waals surface area (Å²) in [7, 11) is -3.55. The molecule has 0 saturated heterocycles. The van der Waals surface area contributed by atoms with Gasteiger partial charge in [0.15, 0.2) is 5.75 Å². The standard InChI is InChI=1S/C19H19NO6S/c1-3-24-19(21)16-10-9-13-11-18(25-14-7-5-4-6-8-14)15(12-17(13)26-16)20-27(2,22)23/h4-8,10-12,20H,3,9H2,1-2H3. The average Bonchev–Trinajstić information content (AvgIpc) is 2.61. The summed E-state index contributed by atoms with van der Waals surface area (Å²) >= 11 is 0. The number of ether oxygens (including phenoxy) is 3. The molecule has 0 radical (unpaired) electrons. The van der Waals surface area contributed by atoms with Crippen molar-refractivity contribution < 1.29 is 27.4 Å². The number of fused-ring (bicyclic) bond motifs is 1. The number of para-hydroxylation sites is 1. The third kappa shape index (κ3) is 4.79. The molecule has 3 rings (SSSR count). The first-order valence-electron chi connectivity index (χ1n) is 8.28. The van der Waals surface area contributed by atoms with Crippen molar-refractivity contribution >= 4 is 21.7 Å². The molecule has 0 saturated carbocycles. The molecule has 0 spiro atoms. The van der Waals surface area contributed by atoms with Crippen LogP contribution in [-0.2, 0) is 26.0 Å². The molecule has 1 aliphatic heterocycles.